The Morgan fingerprint density at radius 1 is 1.35 bits per heavy atom. The summed E-state index contributed by atoms with van der Waals surface area (Å²) < 4.78 is 0. The lowest BCUT2D eigenvalue weighted by Crippen LogP contribution is -2.29. The molecule has 0 aliphatic carbocycles. The van der Waals surface area contributed by atoms with E-state index in [0.29, 0.717) is 6.04 Å². The lowest BCUT2D eigenvalue weighted by atomic mass is 10.1. The Balaban J connectivity index is 2.47. The second kappa shape index (κ2) is 7.67. The molecule has 0 atom stereocenters. The van der Waals surface area contributed by atoms with Crippen molar-refractivity contribution in [3.05, 3.63) is 11.1 Å². The minimum Gasteiger partial charge on any atom is -0.362 e. The van der Waals surface area contributed by atoms with Crippen LogP contribution >= 0.6 is 11.3 Å². The molecule has 17 heavy (non-hydrogen) atoms. The van der Waals surface area contributed by atoms with Crippen molar-refractivity contribution < 1.29 is 0 Å². The molecular formula is C13H25N3S. The van der Waals surface area contributed by atoms with Gasteiger partial charge >= 0.3 is 0 Å². The molecule has 1 heterocycles. The quantitative estimate of drug-likeness (QED) is 0.769. The third-order valence-corrected chi connectivity index (χ3v) is 3.99. The van der Waals surface area contributed by atoms with Crippen molar-refractivity contribution in [3.8, 4) is 0 Å². The molecule has 0 aliphatic heterocycles. The number of nitrogens with zero attached hydrogens (tertiary/aromatic N) is 2. The van der Waals surface area contributed by atoms with Crippen LogP contribution in [0.15, 0.2) is 6.20 Å². The lowest BCUT2D eigenvalue weighted by Gasteiger charge is -2.25. The molecule has 4 heteroatoms. The molecule has 0 aliphatic rings. The topological polar surface area (TPSA) is 28.2 Å². The molecule has 0 radical (unpaired) electrons. The van der Waals surface area contributed by atoms with Gasteiger partial charge in [-0.3, -0.25) is 4.90 Å². The molecule has 98 valence electrons. The van der Waals surface area contributed by atoms with E-state index in [4.69, 9.17) is 0 Å². The molecule has 1 aromatic rings. The van der Waals surface area contributed by atoms with Crippen molar-refractivity contribution >= 4 is 16.5 Å². The van der Waals surface area contributed by atoms with Gasteiger partial charge in [0.1, 0.15) is 0 Å². The molecule has 0 spiro atoms. The second-order valence-corrected chi connectivity index (χ2v) is 5.56. The summed E-state index contributed by atoms with van der Waals surface area (Å²) in [4.78, 5) is 8.17. The third kappa shape index (κ3) is 4.64. The molecule has 1 aromatic heterocycles. The fourth-order valence-corrected chi connectivity index (χ4v) is 2.88. The maximum Gasteiger partial charge on any atom is 0.182 e. The van der Waals surface area contributed by atoms with E-state index in [9.17, 15) is 0 Å². The van der Waals surface area contributed by atoms with Crippen molar-refractivity contribution in [2.24, 2.45) is 0 Å². The Morgan fingerprint density at radius 3 is 2.65 bits per heavy atom. The number of rotatable bonds is 8. The maximum atomic E-state index is 4.40. The summed E-state index contributed by atoms with van der Waals surface area (Å²) in [6.45, 7) is 8.70. The predicted octanol–water partition coefficient (Wildman–Crippen LogP) is 3.59. The summed E-state index contributed by atoms with van der Waals surface area (Å²) in [6.07, 6.45) is 5.57. The van der Waals surface area contributed by atoms with Gasteiger partial charge in [0.2, 0.25) is 0 Å². The third-order valence-electron chi connectivity index (χ3n) is 3.05. The first kappa shape index (κ1) is 14.5. The van der Waals surface area contributed by atoms with Gasteiger partial charge in [0.15, 0.2) is 5.13 Å². The number of thiazole rings is 1. The number of anilines is 1. The van der Waals surface area contributed by atoms with E-state index in [2.05, 4.69) is 43.0 Å². The molecule has 0 saturated carbocycles. The number of nitrogens with one attached hydrogen (secondary N) is 1. The van der Waals surface area contributed by atoms with Gasteiger partial charge in [-0.2, -0.15) is 0 Å². The standard InChI is InChI=1S/C13H25N3S/c1-5-8-14-13-15-9-12(17-13)10-16(4)11(6-2)7-3/h9,11H,5-8,10H2,1-4H3,(H,14,15). The van der Waals surface area contributed by atoms with Crippen LogP contribution in [0.4, 0.5) is 5.13 Å². The van der Waals surface area contributed by atoms with Crippen LogP contribution in [0.3, 0.4) is 0 Å². The Morgan fingerprint density at radius 2 is 2.06 bits per heavy atom. The maximum absolute atomic E-state index is 4.40. The van der Waals surface area contributed by atoms with Gasteiger partial charge in [-0.1, -0.05) is 20.8 Å². The van der Waals surface area contributed by atoms with E-state index in [1.165, 1.54) is 17.7 Å². The highest BCUT2D eigenvalue weighted by Gasteiger charge is 2.12. The molecule has 0 amide bonds. The monoisotopic (exact) mass is 255 g/mol. The highest BCUT2D eigenvalue weighted by Crippen LogP contribution is 2.20. The second-order valence-electron chi connectivity index (χ2n) is 4.44. The zero-order valence-corrected chi connectivity index (χ0v) is 12.3. The summed E-state index contributed by atoms with van der Waals surface area (Å²) in [7, 11) is 2.20. The lowest BCUT2D eigenvalue weighted by molar-refractivity contribution is 0.223. The van der Waals surface area contributed by atoms with Gasteiger partial charge in [-0.15, -0.1) is 11.3 Å². The van der Waals surface area contributed by atoms with E-state index in [1.807, 2.05) is 6.20 Å². The van der Waals surface area contributed by atoms with Gasteiger partial charge < -0.3 is 5.32 Å². The smallest absolute Gasteiger partial charge is 0.182 e. The fourth-order valence-electron chi connectivity index (χ4n) is 1.98. The normalized spacial score (nSPS) is 11.4. The van der Waals surface area contributed by atoms with Gasteiger partial charge in [0, 0.05) is 30.2 Å². The van der Waals surface area contributed by atoms with E-state index >= 15 is 0 Å². The molecule has 0 unspecified atom stereocenters. The average Bonchev–Trinajstić information content (AvgIpc) is 2.75. The van der Waals surface area contributed by atoms with Gasteiger partial charge in [-0.05, 0) is 26.3 Å². The predicted molar refractivity (Wildman–Crippen MR) is 76.7 cm³/mol. The molecule has 3 nitrogen and oxygen atoms in total. The number of hydrogen-bond acceptors (Lipinski definition) is 4. The first-order valence-corrected chi connectivity index (χ1v) is 7.41. The zero-order chi connectivity index (χ0) is 12.7. The van der Waals surface area contributed by atoms with E-state index in [1.54, 1.807) is 11.3 Å². The van der Waals surface area contributed by atoms with Crippen LogP contribution in [0, 0.1) is 0 Å². The Labute approximate surface area is 109 Å². The van der Waals surface area contributed by atoms with E-state index in [-0.39, 0.29) is 0 Å². The van der Waals surface area contributed by atoms with Crippen LogP contribution in [-0.2, 0) is 6.54 Å². The molecule has 0 aromatic carbocycles. The van der Waals surface area contributed by atoms with Crippen molar-refractivity contribution in [1.29, 1.82) is 0 Å². The van der Waals surface area contributed by atoms with E-state index < -0.39 is 0 Å². The Bertz CT molecular complexity index is 307. The summed E-state index contributed by atoms with van der Waals surface area (Å²) in [5, 5.41) is 4.39. The van der Waals surface area contributed by atoms with Crippen LogP contribution in [0.5, 0.6) is 0 Å². The number of hydrogen-bond donors (Lipinski definition) is 1. The summed E-state index contributed by atoms with van der Waals surface area (Å²) in [6, 6.07) is 0.684. The van der Waals surface area contributed by atoms with Crippen molar-refractivity contribution in [2.45, 2.75) is 52.6 Å². The Kier molecular flexibility index (Phi) is 6.52. The van der Waals surface area contributed by atoms with Crippen LogP contribution < -0.4 is 5.32 Å². The Hall–Kier alpha value is -0.610. The van der Waals surface area contributed by atoms with Gasteiger partial charge in [0.05, 0.1) is 0 Å². The zero-order valence-electron chi connectivity index (χ0n) is 11.5. The fraction of sp³-hybridized carbons (Fsp3) is 0.769. The van der Waals surface area contributed by atoms with Gasteiger partial charge in [-0.25, -0.2) is 4.98 Å². The highest BCUT2D eigenvalue weighted by atomic mass is 32.1. The van der Waals surface area contributed by atoms with Crippen molar-refractivity contribution in [1.82, 2.24) is 9.88 Å². The molecule has 0 saturated heterocycles. The average molecular weight is 255 g/mol. The summed E-state index contributed by atoms with van der Waals surface area (Å²) >= 11 is 1.78. The van der Waals surface area contributed by atoms with Crippen molar-refractivity contribution in [2.75, 3.05) is 18.9 Å². The largest absolute Gasteiger partial charge is 0.362 e. The van der Waals surface area contributed by atoms with Crippen LogP contribution in [0.1, 0.15) is 44.9 Å². The minimum absolute atomic E-state index is 0.684. The molecular weight excluding hydrogens is 230 g/mol. The highest BCUT2D eigenvalue weighted by molar-refractivity contribution is 7.15. The van der Waals surface area contributed by atoms with E-state index in [0.717, 1.165) is 24.6 Å². The molecule has 0 fully saturated rings. The molecule has 1 rings (SSSR count). The number of aromatic nitrogens is 1. The molecule has 0 bridgehead atoms. The van der Waals surface area contributed by atoms with Crippen LogP contribution in [0.2, 0.25) is 0 Å². The molecule has 1 N–H and O–H groups in total. The van der Waals surface area contributed by atoms with Crippen LogP contribution in [-0.4, -0.2) is 29.5 Å². The summed E-state index contributed by atoms with van der Waals surface area (Å²) in [5.74, 6) is 0. The van der Waals surface area contributed by atoms with Crippen LogP contribution in [0.25, 0.3) is 0 Å². The minimum atomic E-state index is 0.684. The first-order valence-electron chi connectivity index (χ1n) is 6.60. The summed E-state index contributed by atoms with van der Waals surface area (Å²) in [5.41, 5.74) is 0. The SMILES string of the molecule is CCCNc1ncc(CN(C)C(CC)CC)s1. The van der Waals surface area contributed by atoms with Crippen molar-refractivity contribution in [3.63, 3.8) is 0 Å². The van der Waals surface area contributed by atoms with Gasteiger partial charge in [0.25, 0.3) is 0 Å². The first-order chi connectivity index (χ1) is 8.21.